The Balaban J connectivity index is 1.91. The topological polar surface area (TPSA) is 85.8 Å². The zero-order chi connectivity index (χ0) is 14.4. The first kappa shape index (κ1) is 11.9. The summed E-state index contributed by atoms with van der Waals surface area (Å²) in [6, 6.07) is 11.5. The number of aryl methyl sites for hydroxylation is 1. The van der Waals surface area contributed by atoms with Crippen molar-refractivity contribution in [3.05, 3.63) is 42.0 Å². The number of carbonyl (C=O) groups is 1. The molecule has 21 heavy (non-hydrogen) atoms. The summed E-state index contributed by atoms with van der Waals surface area (Å²) in [6.07, 6.45) is 1.20. The number of benzene rings is 2. The summed E-state index contributed by atoms with van der Waals surface area (Å²) in [6.45, 7) is 0. The van der Waals surface area contributed by atoms with Crippen LogP contribution < -0.4 is 11.1 Å². The molecular weight excluding hydrogens is 266 g/mol. The summed E-state index contributed by atoms with van der Waals surface area (Å²) in [4.78, 5) is 11.4. The number of carbonyl (C=O) groups excluding carboxylic acids is 1. The van der Waals surface area contributed by atoms with E-state index in [0.717, 1.165) is 28.0 Å². The number of hydrogen-bond donors (Lipinski definition) is 2. The van der Waals surface area contributed by atoms with Gasteiger partial charge in [-0.2, -0.15) is 0 Å². The van der Waals surface area contributed by atoms with Gasteiger partial charge in [-0.1, -0.05) is 17.3 Å². The maximum absolute atomic E-state index is 11.4. The second-order valence-electron chi connectivity index (χ2n) is 5.11. The van der Waals surface area contributed by atoms with Gasteiger partial charge < -0.3 is 11.1 Å². The van der Waals surface area contributed by atoms with Gasteiger partial charge in [0.25, 0.3) is 0 Å². The van der Waals surface area contributed by atoms with E-state index in [4.69, 9.17) is 5.73 Å². The molecule has 0 bridgehead atoms. The van der Waals surface area contributed by atoms with E-state index in [0.29, 0.717) is 18.5 Å². The lowest BCUT2D eigenvalue weighted by Gasteiger charge is -2.19. The number of rotatable bonds is 1. The van der Waals surface area contributed by atoms with Gasteiger partial charge >= 0.3 is 0 Å². The molecule has 2 heterocycles. The van der Waals surface area contributed by atoms with Crippen molar-refractivity contribution in [3.63, 3.8) is 0 Å². The van der Waals surface area contributed by atoms with Gasteiger partial charge in [0, 0.05) is 12.1 Å². The highest BCUT2D eigenvalue weighted by molar-refractivity contribution is 5.95. The van der Waals surface area contributed by atoms with Crippen LogP contribution in [0.4, 0.5) is 11.4 Å². The second-order valence-corrected chi connectivity index (χ2v) is 5.11. The Labute approximate surface area is 120 Å². The normalized spacial score (nSPS) is 14.0. The van der Waals surface area contributed by atoms with Gasteiger partial charge in [0.2, 0.25) is 5.91 Å². The highest BCUT2D eigenvalue weighted by atomic mass is 16.1. The van der Waals surface area contributed by atoms with E-state index in [9.17, 15) is 4.79 Å². The number of aromatic nitrogens is 3. The fraction of sp³-hybridized carbons (Fsp3) is 0.133. The largest absolute Gasteiger partial charge is 0.397 e. The Morgan fingerprint density at radius 2 is 2.05 bits per heavy atom. The van der Waals surface area contributed by atoms with Crippen LogP contribution in [-0.2, 0) is 11.2 Å². The third kappa shape index (κ3) is 1.84. The van der Waals surface area contributed by atoms with Crippen LogP contribution in [0.15, 0.2) is 36.4 Å². The van der Waals surface area contributed by atoms with Crippen molar-refractivity contribution in [2.75, 3.05) is 11.1 Å². The highest BCUT2D eigenvalue weighted by Gasteiger charge is 2.18. The van der Waals surface area contributed by atoms with Gasteiger partial charge in [0.15, 0.2) is 0 Å². The maximum atomic E-state index is 11.4. The molecule has 2 aromatic carbocycles. The zero-order valence-corrected chi connectivity index (χ0v) is 11.2. The van der Waals surface area contributed by atoms with Gasteiger partial charge in [0.05, 0.1) is 16.9 Å². The first-order valence-electron chi connectivity index (χ1n) is 6.75. The van der Waals surface area contributed by atoms with Crippen molar-refractivity contribution >= 4 is 28.3 Å². The van der Waals surface area contributed by atoms with Crippen molar-refractivity contribution in [1.29, 1.82) is 0 Å². The summed E-state index contributed by atoms with van der Waals surface area (Å²) in [5.41, 5.74) is 11.1. The molecule has 0 fully saturated rings. The van der Waals surface area contributed by atoms with Crippen LogP contribution >= 0.6 is 0 Å². The van der Waals surface area contributed by atoms with E-state index in [1.165, 1.54) is 0 Å². The second kappa shape index (κ2) is 4.31. The van der Waals surface area contributed by atoms with Gasteiger partial charge in [-0.05, 0) is 36.2 Å². The molecule has 1 aliphatic heterocycles. The van der Waals surface area contributed by atoms with Crippen LogP contribution in [-0.4, -0.2) is 20.9 Å². The van der Waals surface area contributed by atoms with Crippen LogP contribution in [0.25, 0.3) is 16.7 Å². The SMILES string of the molecule is Nc1cc2c(cc1-n1nnc3ccccc31)CCC(=O)N2. The monoisotopic (exact) mass is 279 g/mol. The van der Waals surface area contributed by atoms with E-state index < -0.39 is 0 Å². The third-order valence-electron chi connectivity index (χ3n) is 3.73. The molecule has 0 atom stereocenters. The van der Waals surface area contributed by atoms with E-state index in [2.05, 4.69) is 15.6 Å². The molecule has 1 amide bonds. The van der Waals surface area contributed by atoms with Gasteiger partial charge in [-0.3, -0.25) is 4.79 Å². The molecule has 0 aliphatic carbocycles. The molecule has 104 valence electrons. The Morgan fingerprint density at radius 3 is 2.95 bits per heavy atom. The number of nitrogen functional groups attached to an aromatic ring is 1. The van der Waals surface area contributed by atoms with Crippen LogP contribution in [0.1, 0.15) is 12.0 Å². The lowest BCUT2D eigenvalue weighted by atomic mass is 10.0. The Kier molecular flexibility index (Phi) is 2.44. The smallest absolute Gasteiger partial charge is 0.224 e. The molecule has 1 aromatic heterocycles. The summed E-state index contributed by atoms with van der Waals surface area (Å²) in [5.74, 6) is 0.0286. The Hall–Kier alpha value is -2.89. The number of para-hydroxylation sites is 1. The molecule has 0 saturated carbocycles. The molecule has 6 heteroatoms. The van der Waals surface area contributed by atoms with E-state index in [1.807, 2.05) is 30.3 Å². The van der Waals surface area contributed by atoms with E-state index in [-0.39, 0.29) is 5.91 Å². The predicted molar refractivity (Wildman–Crippen MR) is 80.2 cm³/mol. The minimum Gasteiger partial charge on any atom is -0.397 e. The summed E-state index contributed by atoms with van der Waals surface area (Å²) in [7, 11) is 0. The van der Waals surface area contributed by atoms with Crippen LogP contribution in [0.2, 0.25) is 0 Å². The first-order chi connectivity index (χ1) is 10.2. The van der Waals surface area contributed by atoms with Crippen molar-refractivity contribution < 1.29 is 4.79 Å². The number of nitrogens with one attached hydrogen (secondary N) is 1. The molecule has 4 rings (SSSR count). The van der Waals surface area contributed by atoms with Crippen molar-refractivity contribution in [1.82, 2.24) is 15.0 Å². The molecule has 0 radical (unpaired) electrons. The molecule has 6 nitrogen and oxygen atoms in total. The lowest BCUT2D eigenvalue weighted by molar-refractivity contribution is -0.116. The molecule has 3 aromatic rings. The molecule has 0 unspecified atom stereocenters. The summed E-state index contributed by atoms with van der Waals surface area (Å²) < 4.78 is 1.74. The number of fused-ring (bicyclic) bond motifs is 2. The van der Waals surface area contributed by atoms with E-state index in [1.54, 1.807) is 10.7 Å². The molecule has 3 N–H and O–H groups in total. The minimum absolute atomic E-state index is 0.0286. The number of nitrogens with two attached hydrogens (primary N) is 1. The van der Waals surface area contributed by atoms with Crippen LogP contribution in [0.5, 0.6) is 0 Å². The quantitative estimate of drug-likeness (QED) is 0.666. The summed E-state index contributed by atoms with van der Waals surface area (Å²) in [5, 5.41) is 11.2. The standard InChI is InChI=1S/C15H13N5O/c16-10-8-12-9(5-6-15(21)17-12)7-14(10)20-13-4-2-1-3-11(13)18-19-20/h1-4,7-8H,5-6,16H2,(H,17,21). The van der Waals surface area contributed by atoms with Crippen LogP contribution in [0.3, 0.4) is 0 Å². The fourth-order valence-corrected chi connectivity index (χ4v) is 2.66. The van der Waals surface area contributed by atoms with Crippen molar-refractivity contribution in [3.8, 4) is 5.69 Å². The summed E-state index contributed by atoms with van der Waals surface area (Å²) >= 11 is 0. The zero-order valence-electron chi connectivity index (χ0n) is 11.2. The van der Waals surface area contributed by atoms with Crippen molar-refractivity contribution in [2.24, 2.45) is 0 Å². The lowest BCUT2D eigenvalue weighted by Crippen LogP contribution is -2.19. The van der Waals surface area contributed by atoms with Crippen molar-refractivity contribution in [2.45, 2.75) is 12.8 Å². The number of nitrogens with zero attached hydrogens (tertiary/aromatic N) is 3. The molecule has 1 aliphatic rings. The maximum Gasteiger partial charge on any atom is 0.224 e. The molecule has 0 saturated heterocycles. The van der Waals surface area contributed by atoms with Gasteiger partial charge in [0.1, 0.15) is 5.52 Å². The van der Waals surface area contributed by atoms with Gasteiger partial charge in [-0.15, -0.1) is 5.10 Å². The van der Waals surface area contributed by atoms with Crippen LogP contribution in [0, 0.1) is 0 Å². The third-order valence-corrected chi connectivity index (χ3v) is 3.73. The predicted octanol–water partition coefficient (Wildman–Crippen LogP) is 1.89. The van der Waals surface area contributed by atoms with Gasteiger partial charge in [-0.25, -0.2) is 4.68 Å². The molecular formula is C15H13N5O. The number of hydrogen-bond acceptors (Lipinski definition) is 4. The number of anilines is 2. The Morgan fingerprint density at radius 1 is 1.19 bits per heavy atom. The number of amides is 1. The molecule has 0 spiro atoms. The van der Waals surface area contributed by atoms with E-state index >= 15 is 0 Å². The minimum atomic E-state index is 0.0286. The fourth-order valence-electron chi connectivity index (χ4n) is 2.66. The average Bonchev–Trinajstić information content (AvgIpc) is 2.90. The Bertz CT molecular complexity index is 868. The average molecular weight is 279 g/mol. The highest BCUT2D eigenvalue weighted by Crippen LogP contribution is 2.30. The first-order valence-corrected chi connectivity index (χ1v) is 6.75.